The van der Waals surface area contributed by atoms with Crippen LogP contribution in [-0.4, -0.2) is 73.5 Å². The van der Waals surface area contributed by atoms with E-state index in [1.165, 1.54) is 0 Å². The van der Waals surface area contributed by atoms with Crippen LogP contribution >= 0.6 is 0 Å². The van der Waals surface area contributed by atoms with Crippen molar-refractivity contribution in [2.24, 2.45) is 0 Å². The van der Waals surface area contributed by atoms with Crippen LogP contribution in [0.3, 0.4) is 0 Å². The highest BCUT2D eigenvalue weighted by Crippen LogP contribution is 2.26. The van der Waals surface area contributed by atoms with Gasteiger partial charge in [0.05, 0.1) is 6.10 Å². The highest BCUT2D eigenvalue weighted by molar-refractivity contribution is 5.84. The average Bonchev–Trinajstić information content (AvgIpc) is 2.91. The normalized spacial score (nSPS) is 25.4. The van der Waals surface area contributed by atoms with E-state index in [-0.39, 0.29) is 19.2 Å². The lowest BCUT2D eigenvalue weighted by Gasteiger charge is -2.36. The second-order valence-electron chi connectivity index (χ2n) is 5.15. The SMILES string of the molecule is O=C(N1CCN(CC2CCCO2)CC1)C(F)(F)C(F)F. The van der Waals surface area contributed by atoms with Crippen LogP contribution in [0, 0.1) is 0 Å². The predicted molar refractivity (Wildman–Crippen MR) is 62.9 cm³/mol. The van der Waals surface area contributed by atoms with Crippen molar-refractivity contribution in [3.05, 3.63) is 0 Å². The molecule has 1 atom stereocenters. The lowest BCUT2D eigenvalue weighted by molar-refractivity contribution is -0.182. The minimum absolute atomic E-state index is 0.0495. The molecule has 2 heterocycles. The highest BCUT2D eigenvalue weighted by atomic mass is 19.3. The minimum Gasteiger partial charge on any atom is -0.377 e. The van der Waals surface area contributed by atoms with Gasteiger partial charge in [-0.05, 0) is 12.8 Å². The zero-order valence-electron chi connectivity index (χ0n) is 11.0. The number of hydrogen-bond acceptors (Lipinski definition) is 3. The average molecular weight is 298 g/mol. The van der Waals surface area contributed by atoms with Gasteiger partial charge in [-0.3, -0.25) is 9.69 Å². The number of ether oxygens (including phenoxy) is 1. The molecule has 0 spiro atoms. The Hall–Kier alpha value is -0.890. The first-order valence-corrected chi connectivity index (χ1v) is 6.70. The number of carbonyl (C=O) groups is 1. The van der Waals surface area contributed by atoms with Gasteiger partial charge in [0.15, 0.2) is 0 Å². The molecule has 0 aromatic carbocycles. The lowest BCUT2D eigenvalue weighted by Crippen LogP contribution is -2.55. The van der Waals surface area contributed by atoms with Crippen molar-refractivity contribution in [1.82, 2.24) is 9.80 Å². The maximum atomic E-state index is 13.0. The van der Waals surface area contributed by atoms with Gasteiger partial charge in [0, 0.05) is 39.3 Å². The number of nitrogens with zero attached hydrogens (tertiary/aromatic N) is 2. The summed E-state index contributed by atoms with van der Waals surface area (Å²) in [6.45, 7) is 2.36. The van der Waals surface area contributed by atoms with Gasteiger partial charge in [0.1, 0.15) is 0 Å². The van der Waals surface area contributed by atoms with Crippen LogP contribution in [0.15, 0.2) is 0 Å². The predicted octanol–water partition coefficient (Wildman–Crippen LogP) is 1.21. The van der Waals surface area contributed by atoms with E-state index in [1.54, 1.807) is 0 Å². The maximum Gasteiger partial charge on any atom is 0.383 e. The quantitative estimate of drug-likeness (QED) is 0.731. The number of hydrogen-bond donors (Lipinski definition) is 0. The second-order valence-corrected chi connectivity index (χ2v) is 5.15. The molecule has 4 nitrogen and oxygen atoms in total. The summed E-state index contributed by atoms with van der Waals surface area (Å²) in [7, 11) is 0. The molecule has 2 aliphatic rings. The third kappa shape index (κ3) is 3.41. The van der Waals surface area contributed by atoms with E-state index >= 15 is 0 Å². The third-order valence-electron chi connectivity index (χ3n) is 3.70. The minimum atomic E-state index is -4.59. The summed E-state index contributed by atoms with van der Waals surface area (Å²) in [6.07, 6.45) is -1.81. The van der Waals surface area contributed by atoms with Crippen LogP contribution in [0.25, 0.3) is 0 Å². The summed E-state index contributed by atoms with van der Waals surface area (Å²) in [5, 5.41) is 0. The molecule has 0 radical (unpaired) electrons. The Morgan fingerprint density at radius 1 is 1.25 bits per heavy atom. The van der Waals surface area contributed by atoms with E-state index in [0.29, 0.717) is 19.6 Å². The second kappa shape index (κ2) is 6.26. The van der Waals surface area contributed by atoms with Crippen LogP contribution < -0.4 is 0 Å². The molecule has 0 bridgehead atoms. The number of carbonyl (C=O) groups excluding carboxylic acids is 1. The van der Waals surface area contributed by atoms with Crippen LogP contribution in [0.4, 0.5) is 17.6 Å². The summed E-state index contributed by atoms with van der Waals surface area (Å²) in [5.74, 6) is -6.36. The molecule has 0 N–H and O–H groups in total. The molecular formula is C12H18F4N2O2. The molecular weight excluding hydrogens is 280 g/mol. The Balaban J connectivity index is 1.80. The van der Waals surface area contributed by atoms with Crippen molar-refractivity contribution in [3.63, 3.8) is 0 Å². The van der Waals surface area contributed by atoms with Crippen LogP contribution in [0.2, 0.25) is 0 Å². The van der Waals surface area contributed by atoms with Gasteiger partial charge in [-0.1, -0.05) is 0 Å². The number of amides is 1. The van der Waals surface area contributed by atoms with Crippen molar-refractivity contribution in [2.45, 2.75) is 31.3 Å². The molecule has 2 aliphatic heterocycles. The molecule has 2 fully saturated rings. The van der Waals surface area contributed by atoms with Gasteiger partial charge in [0.25, 0.3) is 5.91 Å². The Bertz CT molecular complexity index is 340. The van der Waals surface area contributed by atoms with E-state index in [2.05, 4.69) is 0 Å². The fourth-order valence-corrected chi connectivity index (χ4v) is 2.51. The van der Waals surface area contributed by atoms with E-state index < -0.39 is 18.3 Å². The zero-order chi connectivity index (χ0) is 14.8. The van der Waals surface area contributed by atoms with Gasteiger partial charge in [-0.2, -0.15) is 8.78 Å². The molecule has 8 heteroatoms. The van der Waals surface area contributed by atoms with Crippen LogP contribution in [0.1, 0.15) is 12.8 Å². The van der Waals surface area contributed by atoms with Gasteiger partial charge in [-0.25, -0.2) is 8.78 Å². The van der Waals surface area contributed by atoms with Gasteiger partial charge < -0.3 is 9.64 Å². The van der Waals surface area contributed by atoms with Crippen molar-refractivity contribution in [1.29, 1.82) is 0 Å². The zero-order valence-corrected chi connectivity index (χ0v) is 11.0. The lowest BCUT2D eigenvalue weighted by atomic mass is 10.2. The maximum absolute atomic E-state index is 13.0. The molecule has 0 aliphatic carbocycles. The monoisotopic (exact) mass is 298 g/mol. The van der Waals surface area contributed by atoms with E-state index in [4.69, 9.17) is 4.74 Å². The van der Waals surface area contributed by atoms with E-state index in [0.717, 1.165) is 24.3 Å². The van der Waals surface area contributed by atoms with Crippen molar-refractivity contribution >= 4 is 5.91 Å². The first-order chi connectivity index (χ1) is 9.41. The highest BCUT2D eigenvalue weighted by Gasteiger charge is 2.51. The summed E-state index contributed by atoms with van der Waals surface area (Å²) in [6, 6.07) is 0. The summed E-state index contributed by atoms with van der Waals surface area (Å²) in [5.41, 5.74) is 0. The number of piperazine rings is 1. The molecule has 0 aromatic heterocycles. The van der Waals surface area contributed by atoms with Crippen molar-refractivity contribution in [3.8, 4) is 0 Å². The number of halogens is 4. The van der Waals surface area contributed by atoms with Crippen LogP contribution in [0.5, 0.6) is 0 Å². The summed E-state index contributed by atoms with van der Waals surface area (Å²) in [4.78, 5) is 14.2. The molecule has 1 unspecified atom stereocenters. The number of alkyl halides is 4. The topological polar surface area (TPSA) is 32.8 Å². The fraction of sp³-hybridized carbons (Fsp3) is 0.917. The Morgan fingerprint density at radius 3 is 2.40 bits per heavy atom. The molecule has 116 valence electrons. The van der Waals surface area contributed by atoms with E-state index in [9.17, 15) is 22.4 Å². The van der Waals surface area contributed by atoms with Gasteiger partial charge in [-0.15, -0.1) is 0 Å². The first kappa shape index (κ1) is 15.5. The standard InChI is InChI=1S/C12H18F4N2O2/c13-10(14)12(15,16)11(19)18-5-3-17(4-6-18)8-9-2-1-7-20-9/h9-10H,1-8H2. The molecule has 0 saturated carbocycles. The van der Waals surface area contributed by atoms with Crippen molar-refractivity contribution < 1.29 is 27.1 Å². The summed E-state index contributed by atoms with van der Waals surface area (Å²) < 4.78 is 55.7. The van der Waals surface area contributed by atoms with Crippen LogP contribution in [-0.2, 0) is 9.53 Å². The molecule has 2 saturated heterocycles. The van der Waals surface area contributed by atoms with Gasteiger partial charge in [0.2, 0.25) is 0 Å². The fourth-order valence-electron chi connectivity index (χ4n) is 2.51. The van der Waals surface area contributed by atoms with Gasteiger partial charge >= 0.3 is 12.3 Å². The summed E-state index contributed by atoms with van der Waals surface area (Å²) >= 11 is 0. The Morgan fingerprint density at radius 2 is 1.90 bits per heavy atom. The molecule has 2 rings (SSSR count). The largest absolute Gasteiger partial charge is 0.383 e. The van der Waals surface area contributed by atoms with Crippen molar-refractivity contribution in [2.75, 3.05) is 39.3 Å². The first-order valence-electron chi connectivity index (χ1n) is 6.70. The smallest absolute Gasteiger partial charge is 0.377 e. The Kier molecular flexibility index (Phi) is 4.85. The van der Waals surface area contributed by atoms with E-state index in [1.807, 2.05) is 4.90 Å². The molecule has 1 amide bonds. The molecule has 20 heavy (non-hydrogen) atoms. The Labute approximate surface area is 114 Å². The number of rotatable bonds is 4. The third-order valence-corrected chi connectivity index (χ3v) is 3.70. The molecule has 0 aromatic rings.